The van der Waals surface area contributed by atoms with Gasteiger partial charge in [0.05, 0.1) is 5.60 Å². The highest BCUT2D eigenvalue weighted by Crippen LogP contribution is 2.27. The molecule has 1 rings (SSSR count). The summed E-state index contributed by atoms with van der Waals surface area (Å²) in [6.07, 6.45) is 0.619. The highest BCUT2D eigenvalue weighted by Gasteiger charge is 2.24. The number of ether oxygens (including phenoxy) is 1. The number of methoxy groups -OCH3 is 1. The Bertz CT molecular complexity index is 246. The van der Waals surface area contributed by atoms with Crippen molar-refractivity contribution in [3.05, 3.63) is 35.9 Å². The molecule has 2 nitrogen and oxygen atoms in total. The summed E-state index contributed by atoms with van der Waals surface area (Å²) >= 11 is 0. The van der Waals surface area contributed by atoms with E-state index in [4.69, 9.17) is 9.84 Å². The summed E-state index contributed by atoms with van der Waals surface area (Å²) < 4.78 is 5.40. The van der Waals surface area contributed by atoms with E-state index in [1.165, 1.54) is 0 Å². The standard InChI is InChI=1S/C11H16O2/c1-11(13-2,8-9-12)10-6-4-3-5-7-10/h3-7,12H,8-9H2,1-2H3. The molecule has 1 N–H and O–H groups in total. The minimum absolute atomic E-state index is 0.138. The largest absolute Gasteiger partial charge is 0.396 e. The minimum atomic E-state index is -0.365. The summed E-state index contributed by atoms with van der Waals surface area (Å²) in [7, 11) is 1.67. The molecule has 2 heteroatoms. The van der Waals surface area contributed by atoms with Crippen LogP contribution in [-0.2, 0) is 10.3 Å². The van der Waals surface area contributed by atoms with E-state index in [1.807, 2.05) is 37.3 Å². The molecule has 0 aliphatic heterocycles. The Labute approximate surface area is 79.2 Å². The van der Waals surface area contributed by atoms with Crippen LogP contribution in [-0.4, -0.2) is 18.8 Å². The van der Waals surface area contributed by atoms with Crippen molar-refractivity contribution >= 4 is 0 Å². The first-order valence-corrected chi connectivity index (χ1v) is 4.44. The van der Waals surface area contributed by atoms with Crippen molar-refractivity contribution in [1.29, 1.82) is 0 Å². The zero-order valence-corrected chi connectivity index (χ0v) is 8.16. The van der Waals surface area contributed by atoms with Crippen LogP contribution in [0.25, 0.3) is 0 Å². The molecular weight excluding hydrogens is 164 g/mol. The van der Waals surface area contributed by atoms with Gasteiger partial charge in [0.1, 0.15) is 0 Å². The van der Waals surface area contributed by atoms with Crippen LogP contribution in [0.1, 0.15) is 18.9 Å². The Morgan fingerprint density at radius 3 is 2.38 bits per heavy atom. The minimum Gasteiger partial charge on any atom is -0.396 e. The lowest BCUT2D eigenvalue weighted by Crippen LogP contribution is -2.25. The molecule has 1 aromatic rings. The van der Waals surface area contributed by atoms with Crippen LogP contribution in [0.5, 0.6) is 0 Å². The van der Waals surface area contributed by atoms with Gasteiger partial charge in [0.25, 0.3) is 0 Å². The highest BCUT2D eigenvalue weighted by atomic mass is 16.5. The van der Waals surface area contributed by atoms with E-state index in [1.54, 1.807) is 7.11 Å². The van der Waals surface area contributed by atoms with E-state index < -0.39 is 0 Å². The Morgan fingerprint density at radius 2 is 1.92 bits per heavy atom. The van der Waals surface area contributed by atoms with E-state index >= 15 is 0 Å². The number of aliphatic hydroxyl groups is 1. The van der Waals surface area contributed by atoms with Crippen molar-refractivity contribution in [2.45, 2.75) is 18.9 Å². The normalized spacial score (nSPS) is 15.3. The maximum absolute atomic E-state index is 8.91. The molecule has 72 valence electrons. The van der Waals surface area contributed by atoms with Crippen LogP contribution in [0.15, 0.2) is 30.3 Å². The highest BCUT2D eigenvalue weighted by molar-refractivity contribution is 5.21. The smallest absolute Gasteiger partial charge is 0.0921 e. The molecule has 0 aliphatic rings. The van der Waals surface area contributed by atoms with Crippen LogP contribution in [0.2, 0.25) is 0 Å². The molecule has 0 amide bonds. The van der Waals surface area contributed by atoms with E-state index in [9.17, 15) is 0 Å². The van der Waals surface area contributed by atoms with Crippen molar-refractivity contribution in [3.63, 3.8) is 0 Å². The van der Waals surface area contributed by atoms with Gasteiger partial charge in [0.15, 0.2) is 0 Å². The maximum atomic E-state index is 8.91. The molecule has 0 aliphatic carbocycles. The third-order valence-electron chi connectivity index (χ3n) is 2.42. The van der Waals surface area contributed by atoms with Gasteiger partial charge in [-0.1, -0.05) is 30.3 Å². The third kappa shape index (κ3) is 2.29. The van der Waals surface area contributed by atoms with Gasteiger partial charge in [-0.3, -0.25) is 0 Å². The topological polar surface area (TPSA) is 29.5 Å². The van der Waals surface area contributed by atoms with Gasteiger partial charge in [-0.2, -0.15) is 0 Å². The first kappa shape index (κ1) is 10.2. The SMILES string of the molecule is COC(C)(CCO)c1ccccc1. The number of hydrogen-bond donors (Lipinski definition) is 1. The van der Waals surface area contributed by atoms with Crippen molar-refractivity contribution in [3.8, 4) is 0 Å². The lowest BCUT2D eigenvalue weighted by atomic mass is 9.93. The van der Waals surface area contributed by atoms with Gasteiger partial charge >= 0.3 is 0 Å². The molecule has 0 spiro atoms. The molecule has 0 fully saturated rings. The summed E-state index contributed by atoms with van der Waals surface area (Å²) in [5, 5.41) is 8.91. The van der Waals surface area contributed by atoms with Crippen LogP contribution in [0, 0.1) is 0 Å². The molecule has 0 aromatic heterocycles. The van der Waals surface area contributed by atoms with Gasteiger partial charge in [0, 0.05) is 20.1 Å². The Hall–Kier alpha value is -0.860. The van der Waals surface area contributed by atoms with Gasteiger partial charge < -0.3 is 9.84 Å². The Kier molecular flexibility index (Phi) is 3.46. The van der Waals surface area contributed by atoms with Gasteiger partial charge in [-0.15, -0.1) is 0 Å². The van der Waals surface area contributed by atoms with E-state index in [0.717, 1.165) is 5.56 Å². The summed E-state index contributed by atoms with van der Waals surface area (Å²) in [6.45, 7) is 2.12. The average molecular weight is 180 g/mol. The van der Waals surface area contributed by atoms with Gasteiger partial charge in [-0.05, 0) is 12.5 Å². The lowest BCUT2D eigenvalue weighted by Gasteiger charge is -2.27. The second-order valence-corrected chi connectivity index (χ2v) is 3.27. The fourth-order valence-corrected chi connectivity index (χ4v) is 1.37. The van der Waals surface area contributed by atoms with Crippen LogP contribution in [0.3, 0.4) is 0 Å². The summed E-state index contributed by atoms with van der Waals surface area (Å²) in [6, 6.07) is 9.95. The van der Waals surface area contributed by atoms with E-state index in [0.29, 0.717) is 6.42 Å². The molecule has 1 aromatic carbocycles. The molecule has 0 radical (unpaired) electrons. The predicted octanol–water partition coefficient (Wildman–Crippen LogP) is 1.93. The number of hydrogen-bond acceptors (Lipinski definition) is 2. The van der Waals surface area contributed by atoms with Crippen LogP contribution in [0.4, 0.5) is 0 Å². The monoisotopic (exact) mass is 180 g/mol. The maximum Gasteiger partial charge on any atom is 0.0921 e. The first-order chi connectivity index (χ1) is 6.23. The molecule has 1 unspecified atom stereocenters. The summed E-state index contributed by atoms with van der Waals surface area (Å²) in [5.74, 6) is 0. The number of rotatable bonds is 4. The third-order valence-corrected chi connectivity index (χ3v) is 2.42. The first-order valence-electron chi connectivity index (χ1n) is 4.44. The van der Waals surface area contributed by atoms with Crippen LogP contribution >= 0.6 is 0 Å². The second kappa shape index (κ2) is 4.40. The summed E-state index contributed by atoms with van der Waals surface area (Å²) in [4.78, 5) is 0. The second-order valence-electron chi connectivity index (χ2n) is 3.27. The molecule has 0 saturated heterocycles. The summed E-state index contributed by atoms with van der Waals surface area (Å²) in [5.41, 5.74) is 0.738. The van der Waals surface area contributed by atoms with E-state index in [-0.39, 0.29) is 12.2 Å². The van der Waals surface area contributed by atoms with Crippen molar-refractivity contribution < 1.29 is 9.84 Å². The van der Waals surface area contributed by atoms with Gasteiger partial charge in [-0.25, -0.2) is 0 Å². The van der Waals surface area contributed by atoms with Crippen molar-refractivity contribution in [1.82, 2.24) is 0 Å². The zero-order valence-electron chi connectivity index (χ0n) is 8.16. The molecule has 13 heavy (non-hydrogen) atoms. The predicted molar refractivity (Wildman–Crippen MR) is 52.5 cm³/mol. The van der Waals surface area contributed by atoms with Crippen molar-refractivity contribution in [2.24, 2.45) is 0 Å². The fraction of sp³-hybridized carbons (Fsp3) is 0.455. The molecule has 0 heterocycles. The molecule has 0 saturated carbocycles. The quantitative estimate of drug-likeness (QED) is 0.767. The Balaban J connectivity index is 2.89. The van der Waals surface area contributed by atoms with Gasteiger partial charge in [0.2, 0.25) is 0 Å². The van der Waals surface area contributed by atoms with Crippen LogP contribution < -0.4 is 0 Å². The number of aliphatic hydroxyl groups excluding tert-OH is 1. The van der Waals surface area contributed by atoms with Crippen molar-refractivity contribution in [2.75, 3.05) is 13.7 Å². The zero-order chi connectivity index (χ0) is 9.73. The molecule has 0 bridgehead atoms. The Morgan fingerprint density at radius 1 is 1.31 bits per heavy atom. The van der Waals surface area contributed by atoms with E-state index in [2.05, 4.69) is 0 Å². The fourth-order valence-electron chi connectivity index (χ4n) is 1.37. The molecular formula is C11H16O2. The average Bonchev–Trinajstić information content (AvgIpc) is 2.19. The molecule has 1 atom stereocenters. The number of benzene rings is 1. The lowest BCUT2D eigenvalue weighted by molar-refractivity contribution is -0.0173.